The van der Waals surface area contributed by atoms with Crippen LogP contribution in [0.5, 0.6) is 0 Å². The van der Waals surface area contributed by atoms with Gasteiger partial charge >= 0.3 is 0 Å². The predicted molar refractivity (Wildman–Crippen MR) is 82.3 cm³/mol. The standard InChI is InChI=1S/C14H20N4OS/c1-8-9(2)20-14-12(8)13(15-3)16-11(17-14)7-18-5-4-10(19)6-18/h10,19H,4-7H2,1-3H3,(H,15,16,17). The van der Waals surface area contributed by atoms with Gasteiger partial charge in [0.1, 0.15) is 16.5 Å². The van der Waals surface area contributed by atoms with Gasteiger partial charge < -0.3 is 10.4 Å². The van der Waals surface area contributed by atoms with Crippen LogP contribution in [-0.4, -0.2) is 46.2 Å². The van der Waals surface area contributed by atoms with Gasteiger partial charge in [0.05, 0.1) is 18.0 Å². The highest BCUT2D eigenvalue weighted by molar-refractivity contribution is 7.18. The predicted octanol–water partition coefficient (Wildman–Crippen LogP) is 1.92. The molecule has 0 aliphatic carbocycles. The van der Waals surface area contributed by atoms with Crippen LogP contribution in [-0.2, 0) is 6.54 Å². The molecular formula is C14H20N4OS. The fourth-order valence-corrected chi connectivity index (χ4v) is 3.75. The van der Waals surface area contributed by atoms with E-state index in [-0.39, 0.29) is 6.10 Å². The van der Waals surface area contributed by atoms with Crippen LogP contribution in [0.3, 0.4) is 0 Å². The number of likely N-dealkylation sites (tertiary alicyclic amines) is 1. The molecule has 2 aromatic heterocycles. The molecule has 1 aliphatic rings. The van der Waals surface area contributed by atoms with Crippen molar-refractivity contribution in [1.29, 1.82) is 0 Å². The molecule has 0 spiro atoms. The Balaban J connectivity index is 1.96. The van der Waals surface area contributed by atoms with E-state index in [0.29, 0.717) is 6.54 Å². The summed E-state index contributed by atoms with van der Waals surface area (Å²) in [4.78, 5) is 13.9. The molecule has 2 N–H and O–H groups in total. The number of aryl methyl sites for hydroxylation is 2. The molecule has 3 rings (SSSR count). The lowest BCUT2D eigenvalue weighted by Crippen LogP contribution is -2.22. The van der Waals surface area contributed by atoms with Gasteiger partial charge in [-0.1, -0.05) is 0 Å². The van der Waals surface area contributed by atoms with Crippen molar-refractivity contribution < 1.29 is 5.11 Å². The third kappa shape index (κ3) is 2.39. The van der Waals surface area contributed by atoms with Gasteiger partial charge in [-0.2, -0.15) is 0 Å². The lowest BCUT2D eigenvalue weighted by atomic mass is 10.2. The average Bonchev–Trinajstić information content (AvgIpc) is 2.94. The number of thiophene rings is 1. The minimum absolute atomic E-state index is 0.200. The minimum Gasteiger partial charge on any atom is -0.392 e. The summed E-state index contributed by atoms with van der Waals surface area (Å²) in [7, 11) is 1.90. The lowest BCUT2D eigenvalue weighted by Gasteiger charge is -2.14. The molecule has 0 radical (unpaired) electrons. The third-order valence-electron chi connectivity index (χ3n) is 3.92. The molecule has 108 valence electrons. The second-order valence-corrected chi connectivity index (χ2v) is 6.58. The summed E-state index contributed by atoms with van der Waals surface area (Å²) in [6, 6.07) is 0. The Bertz CT molecular complexity index is 640. The highest BCUT2D eigenvalue weighted by Crippen LogP contribution is 2.33. The first kappa shape index (κ1) is 13.7. The molecule has 3 heterocycles. The van der Waals surface area contributed by atoms with Crippen molar-refractivity contribution in [3.63, 3.8) is 0 Å². The van der Waals surface area contributed by atoms with Gasteiger partial charge in [0.15, 0.2) is 0 Å². The zero-order valence-electron chi connectivity index (χ0n) is 12.1. The Morgan fingerprint density at radius 3 is 2.85 bits per heavy atom. The molecule has 1 fully saturated rings. The Morgan fingerprint density at radius 2 is 2.20 bits per heavy atom. The minimum atomic E-state index is -0.200. The molecule has 5 nitrogen and oxygen atoms in total. The molecule has 1 unspecified atom stereocenters. The topological polar surface area (TPSA) is 61.3 Å². The summed E-state index contributed by atoms with van der Waals surface area (Å²) in [5.41, 5.74) is 1.26. The van der Waals surface area contributed by atoms with Gasteiger partial charge in [-0.05, 0) is 25.8 Å². The number of aliphatic hydroxyl groups is 1. The number of aliphatic hydroxyl groups excluding tert-OH is 1. The molecular weight excluding hydrogens is 272 g/mol. The van der Waals surface area contributed by atoms with E-state index in [1.165, 1.54) is 10.4 Å². The maximum Gasteiger partial charge on any atom is 0.146 e. The second-order valence-electron chi connectivity index (χ2n) is 5.38. The van der Waals surface area contributed by atoms with Gasteiger partial charge in [0.2, 0.25) is 0 Å². The highest BCUT2D eigenvalue weighted by Gasteiger charge is 2.22. The van der Waals surface area contributed by atoms with E-state index in [1.807, 2.05) is 7.05 Å². The third-order valence-corrected chi connectivity index (χ3v) is 5.03. The van der Waals surface area contributed by atoms with Crippen LogP contribution < -0.4 is 5.32 Å². The zero-order valence-corrected chi connectivity index (χ0v) is 12.9. The normalized spacial score (nSPS) is 19.9. The molecule has 6 heteroatoms. The number of β-amino-alcohol motifs (C(OH)–C–C–N with tert-alkyl or cyclic N) is 1. The van der Waals surface area contributed by atoms with Gasteiger partial charge in [0.25, 0.3) is 0 Å². The summed E-state index contributed by atoms with van der Waals surface area (Å²) in [5, 5.41) is 13.9. The molecule has 1 saturated heterocycles. The Morgan fingerprint density at radius 1 is 1.40 bits per heavy atom. The molecule has 1 atom stereocenters. The van der Waals surface area contributed by atoms with Crippen LogP contribution >= 0.6 is 11.3 Å². The lowest BCUT2D eigenvalue weighted by molar-refractivity contribution is 0.174. The van der Waals surface area contributed by atoms with Crippen molar-refractivity contribution in [3.8, 4) is 0 Å². The van der Waals surface area contributed by atoms with Gasteiger partial charge in [-0.15, -0.1) is 11.3 Å². The number of nitrogens with one attached hydrogen (secondary N) is 1. The first-order valence-electron chi connectivity index (χ1n) is 6.93. The summed E-state index contributed by atoms with van der Waals surface area (Å²) < 4.78 is 0. The Hall–Kier alpha value is -1.24. The fraction of sp³-hybridized carbons (Fsp3) is 0.571. The summed E-state index contributed by atoms with van der Waals surface area (Å²) in [6.45, 7) is 6.59. The van der Waals surface area contributed by atoms with Crippen LogP contribution in [0.15, 0.2) is 0 Å². The van der Waals surface area contributed by atoms with E-state index in [2.05, 4.69) is 29.0 Å². The van der Waals surface area contributed by atoms with Crippen LogP contribution in [0, 0.1) is 13.8 Å². The van der Waals surface area contributed by atoms with Crippen LogP contribution in [0.4, 0.5) is 5.82 Å². The van der Waals surface area contributed by atoms with Crippen molar-refractivity contribution in [1.82, 2.24) is 14.9 Å². The molecule has 2 aromatic rings. The number of fused-ring (bicyclic) bond motifs is 1. The van der Waals surface area contributed by atoms with Crippen LogP contribution in [0.1, 0.15) is 22.7 Å². The highest BCUT2D eigenvalue weighted by atomic mass is 32.1. The largest absolute Gasteiger partial charge is 0.392 e. The summed E-state index contributed by atoms with van der Waals surface area (Å²) in [6.07, 6.45) is 0.645. The van der Waals surface area contributed by atoms with E-state index in [4.69, 9.17) is 4.98 Å². The second kappa shape index (κ2) is 5.27. The SMILES string of the molecule is CNc1nc(CN2CCC(O)C2)nc2sc(C)c(C)c12. The number of hydrogen-bond donors (Lipinski definition) is 2. The van der Waals surface area contributed by atoms with Crippen molar-refractivity contribution >= 4 is 27.4 Å². The molecule has 0 saturated carbocycles. The van der Waals surface area contributed by atoms with E-state index in [0.717, 1.165) is 41.4 Å². The summed E-state index contributed by atoms with van der Waals surface area (Å²) >= 11 is 1.72. The maximum atomic E-state index is 9.60. The first-order valence-corrected chi connectivity index (χ1v) is 7.75. The Labute approximate surface area is 122 Å². The fourth-order valence-electron chi connectivity index (χ4n) is 2.70. The maximum absolute atomic E-state index is 9.60. The number of nitrogens with zero attached hydrogens (tertiary/aromatic N) is 3. The average molecular weight is 292 g/mol. The quantitative estimate of drug-likeness (QED) is 0.905. The smallest absolute Gasteiger partial charge is 0.146 e. The van der Waals surface area contributed by atoms with Gasteiger partial charge in [-0.25, -0.2) is 9.97 Å². The zero-order chi connectivity index (χ0) is 14.3. The number of rotatable bonds is 3. The van der Waals surface area contributed by atoms with Gasteiger partial charge in [-0.3, -0.25) is 4.90 Å². The van der Waals surface area contributed by atoms with Crippen molar-refractivity contribution in [3.05, 3.63) is 16.3 Å². The number of anilines is 1. The van der Waals surface area contributed by atoms with Crippen LogP contribution in [0.2, 0.25) is 0 Å². The first-order chi connectivity index (χ1) is 9.58. The number of aromatic nitrogens is 2. The van der Waals surface area contributed by atoms with E-state index >= 15 is 0 Å². The van der Waals surface area contributed by atoms with Crippen molar-refractivity contribution in [2.45, 2.75) is 32.9 Å². The Kier molecular flexibility index (Phi) is 3.62. The molecule has 0 aromatic carbocycles. The van der Waals surface area contributed by atoms with Gasteiger partial charge in [0, 0.05) is 25.0 Å². The van der Waals surface area contributed by atoms with E-state index in [9.17, 15) is 5.11 Å². The van der Waals surface area contributed by atoms with E-state index < -0.39 is 0 Å². The van der Waals surface area contributed by atoms with Crippen molar-refractivity contribution in [2.75, 3.05) is 25.5 Å². The number of hydrogen-bond acceptors (Lipinski definition) is 6. The molecule has 0 amide bonds. The van der Waals surface area contributed by atoms with E-state index in [1.54, 1.807) is 11.3 Å². The van der Waals surface area contributed by atoms with Crippen molar-refractivity contribution in [2.24, 2.45) is 0 Å². The summed E-state index contributed by atoms with van der Waals surface area (Å²) in [5.74, 6) is 1.74. The van der Waals surface area contributed by atoms with Crippen LogP contribution in [0.25, 0.3) is 10.2 Å². The molecule has 20 heavy (non-hydrogen) atoms. The monoisotopic (exact) mass is 292 g/mol. The molecule has 1 aliphatic heterocycles. The molecule has 0 bridgehead atoms.